The van der Waals surface area contributed by atoms with Crippen LogP contribution < -0.4 is 9.47 Å². The van der Waals surface area contributed by atoms with Crippen molar-refractivity contribution >= 4 is 0 Å². The topological polar surface area (TPSA) is 62.2 Å². The molecule has 156 valence electrons. The molecule has 0 aliphatic carbocycles. The largest absolute Gasteiger partial charge is 0.504 e. The fourth-order valence-electron chi connectivity index (χ4n) is 4.68. The molecule has 2 aliphatic heterocycles. The monoisotopic (exact) mass is 397 g/mol. The lowest BCUT2D eigenvalue weighted by Crippen LogP contribution is -2.39. The first kappa shape index (κ1) is 19.9. The van der Waals surface area contributed by atoms with Crippen LogP contribution in [0.3, 0.4) is 0 Å². The van der Waals surface area contributed by atoms with Gasteiger partial charge in [-0.25, -0.2) is 0 Å². The predicted molar refractivity (Wildman–Crippen MR) is 113 cm³/mol. The van der Waals surface area contributed by atoms with Gasteiger partial charge in [0.1, 0.15) is 0 Å². The van der Waals surface area contributed by atoms with Crippen LogP contribution in [0.4, 0.5) is 0 Å². The number of methoxy groups -OCH3 is 1. The normalized spacial score (nSPS) is 17.9. The van der Waals surface area contributed by atoms with Crippen molar-refractivity contribution in [2.24, 2.45) is 0 Å². The maximum atomic E-state index is 10.6. The van der Waals surface area contributed by atoms with Gasteiger partial charge in [-0.05, 0) is 54.2 Å². The average Bonchev–Trinajstić information content (AvgIpc) is 2.72. The van der Waals surface area contributed by atoms with Crippen molar-refractivity contribution in [3.05, 3.63) is 46.5 Å². The van der Waals surface area contributed by atoms with Gasteiger partial charge in [0.15, 0.2) is 23.0 Å². The van der Waals surface area contributed by atoms with E-state index in [1.165, 1.54) is 29.5 Å². The minimum Gasteiger partial charge on any atom is -0.504 e. The molecule has 0 aromatic heterocycles. The van der Waals surface area contributed by atoms with E-state index in [1.54, 1.807) is 13.2 Å². The summed E-state index contributed by atoms with van der Waals surface area (Å²) in [6.45, 7) is 4.53. The summed E-state index contributed by atoms with van der Waals surface area (Å²) in [6, 6.07) is 7.87. The molecule has 2 aliphatic rings. The van der Waals surface area contributed by atoms with Crippen LogP contribution in [0.2, 0.25) is 0 Å². The summed E-state index contributed by atoms with van der Waals surface area (Å²) < 4.78 is 11.3. The van der Waals surface area contributed by atoms with Crippen LogP contribution in [-0.4, -0.2) is 35.4 Å². The van der Waals surface area contributed by atoms with Crippen molar-refractivity contribution < 1.29 is 19.7 Å². The van der Waals surface area contributed by atoms with Crippen LogP contribution >= 0.6 is 0 Å². The van der Waals surface area contributed by atoms with Gasteiger partial charge in [0, 0.05) is 24.7 Å². The van der Waals surface area contributed by atoms with Crippen LogP contribution in [0.25, 0.3) is 0 Å². The molecule has 4 rings (SSSR count). The number of benzene rings is 2. The first-order valence-corrected chi connectivity index (χ1v) is 10.7. The molecule has 5 heteroatoms. The Kier molecular flexibility index (Phi) is 5.86. The molecule has 29 heavy (non-hydrogen) atoms. The number of ether oxygens (including phenoxy) is 2. The van der Waals surface area contributed by atoms with Gasteiger partial charge in [0.2, 0.25) is 0 Å². The highest BCUT2D eigenvalue weighted by Gasteiger charge is 2.34. The van der Waals surface area contributed by atoms with Gasteiger partial charge in [0.25, 0.3) is 0 Å². The summed E-state index contributed by atoms with van der Waals surface area (Å²) in [7, 11) is 1.61. The van der Waals surface area contributed by atoms with Gasteiger partial charge in [-0.15, -0.1) is 0 Å². The molecule has 1 atom stereocenters. The number of fused-ring (bicyclic) bond motifs is 4. The molecule has 2 aromatic carbocycles. The zero-order valence-electron chi connectivity index (χ0n) is 17.4. The number of hydrogen-bond donors (Lipinski definition) is 2. The minimum atomic E-state index is 0.195. The molecule has 2 N–H and O–H groups in total. The molecule has 0 saturated heterocycles. The van der Waals surface area contributed by atoms with Crippen molar-refractivity contribution in [1.82, 2.24) is 4.90 Å². The quantitative estimate of drug-likeness (QED) is 0.662. The molecule has 0 radical (unpaired) electrons. The molecular formula is C24H31NO4. The van der Waals surface area contributed by atoms with Crippen LogP contribution in [0.5, 0.6) is 23.0 Å². The summed E-state index contributed by atoms with van der Waals surface area (Å²) in [4.78, 5) is 2.41. The van der Waals surface area contributed by atoms with E-state index in [9.17, 15) is 10.2 Å². The second-order valence-corrected chi connectivity index (χ2v) is 8.12. The minimum absolute atomic E-state index is 0.195. The van der Waals surface area contributed by atoms with E-state index in [0.717, 1.165) is 44.3 Å². The molecular weight excluding hydrogens is 366 g/mol. The van der Waals surface area contributed by atoms with Gasteiger partial charge < -0.3 is 19.7 Å². The van der Waals surface area contributed by atoms with E-state index < -0.39 is 0 Å². The number of rotatable bonds is 7. The molecule has 0 amide bonds. The molecule has 5 nitrogen and oxygen atoms in total. The Morgan fingerprint density at radius 2 is 1.93 bits per heavy atom. The second-order valence-electron chi connectivity index (χ2n) is 8.12. The Bertz CT molecular complexity index is 880. The number of aromatic hydroxyl groups is 2. The maximum Gasteiger partial charge on any atom is 0.165 e. The van der Waals surface area contributed by atoms with E-state index >= 15 is 0 Å². The van der Waals surface area contributed by atoms with E-state index in [2.05, 4.69) is 11.8 Å². The highest BCUT2D eigenvalue weighted by molar-refractivity contribution is 5.54. The first-order valence-electron chi connectivity index (χ1n) is 10.7. The summed E-state index contributed by atoms with van der Waals surface area (Å²) in [5.74, 6) is 1.62. The summed E-state index contributed by atoms with van der Waals surface area (Å²) in [5, 5.41) is 20.7. The third kappa shape index (κ3) is 3.88. The van der Waals surface area contributed by atoms with Crippen molar-refractivity contribution in [3.63, 3.8) is 0 Å². The SMILES string of the molecule is CCCCCCOc1cc2c(cc1O)[C@@H]1Cc3ccc(O)c(OC)c3CN1CC2. The Hall–Kier alpha value is -2.40. The number of nitrogens with zero attached hydrogens (tertiary/aromatic N) is 1. The summed E-state index contributed by atoms with van der Waals surface area (Å²) >= 11 is 0. The van der Waals surface area contributed by atoms with Crippen LogP contribution in [-0.2, 0) is 19.4 Å². The van der Waals surface area contributed by atoms with Crippen molar-refractivity contribution in [1.29, 1.82) is 0 Å². The number of hydrogen-bond acceptors (Lipinski definition) is 5. The second kappa shape index (κ2) is 8.54. The van der Waals surface area contributed by atoms with Crippen molar-refractivity contribution in [2.75, 3.05) is 20.3 Å². The fourth-order valence-corrected chi connectivity index (χ4v) is 4.68. The maximum absolute atomic E-state index is 10.6. The molecule has 2 aromatic rings. The summed E-state index contributed by atoms with van der Waals surface area (Å²) in [5.41, 5.74) is 4.72. The zero-order chi connectivity index (χ0) is 20.4. The highest BCUT2D eigenvalue weighted by Crippen LogP contribution is 2.45. The van der Waals surface area contributed by atoms with Gasteiger partial charge >= 0.3 is 0 Å². The smallest absolute Gasteiger partial charge is 0.165 e. The lowest BCUT2D eigenvalue weighted by atomic mass is 9.83. The Labute approximate surface area is 172 Å². The fraction of sp³-hybridized carbons (Fsp3) is 0.500. The van der Waals surface area contributed by atoms with Crippen LogP contribution in [0, 0.1) is 0 Å². The van der Waals surface area contributed by atoms with Gasteiger partial charge in [-0.3, -0.25) is 4.90 Å². The van der Waals surface area contributed by atoms with E-state index in [0.29, 0.717) is 18.1 Å². The average molecular weight is 398 g/mol. The van der Waals surface area contributed by atoms with Crippen molar-refractivity contribution in [2.45, 2.75) is 58.0 Å². The van der Waals surface area contributed by atoms with Crippen LogP contribution in [0.15, 0.2) is 24.3 Å². The molecule has 0 spiro atoms. The Morgan fingerprint density at radius 1 is 1.07 bits per heavy atom. The molecule has 0 bridgehead atoms. The molecule has 0 fully saturated rings. The van der Waals surface area contributed by atoms with E-state index in [1.807, 2.05) is 18.2 Å². The molecule has 0 unspecified atom stereocenters. The van der Waals surface area contributed by atoms with Gasteiger partial charge in [0.05, 0.1) is 13.7 Å². The highest BCUT2D eigenvalue weighted by atomic mass is 16.5. The third-order valence-electron chi connectivity index (χ3n) is 6.26. The van der Waals surface area contributed by atoms with Gasteiger partial charge in [-0.1, -0.05) is 32.3 Å². The van der Waals surface area contributed by atoms with Crippen LogP contribution in [0.1, 0.15) is 60.9 Å². The Morgan fingerprint density at radius 3 is 2.72 bits per heavy atom. The number of phenolic OH excluding ortho intramolecular Hbond substituents is 2. The van der Waals surface area contributed by atoms with Gasteiger partial charge in [-0.2, -0.15) is 0 Å². The first-order chi connectivity index (χ1) is 14.1. The standard InChI is InChI=1S/C24H31NO4/c1-3-4-5-6-11-29-23-13-17-9-10-25-15-19-16(7-8-21(26)24(19)28-2)12-20(25)18(17)14-22(23)27/h7-8,13-14,20,26-27H,3-6,9-12,15H2,1-2H3/t20-/m0/s1. The lowest BCUT2D eigenvalue weighted by Gasteiger charge is -2.42. The molecule has 2 heterocycles. The summed E-state index contributed by atoms with van der Waals surface area (Å²) in [6.07, 6.45) is 6.38. The lowest BCUT2D eigenvalue weighted by molar-refractivity contribution is 0.157. The van der Waals surface area contributed by atoms with E-state index in [-0.39, 0.29) is 17.5 Å². The van der Waals surface area contributed by atoms with E-state index in [4.69, 9.17) is 9.47 Å². The number of phenols is 2. The number of unbranched alkanes of at least 4 members (excludes halogenated alkanes) is 3. The van der Waals surface area contributed by atoms with Crippen molar-refractivity contribution in [3.8, 4) is 23.0 Å². The zero-order valence-corrected chi connectivity index (χ0v) is 17.4. The Balaban J connectivity index is 1.55. The third-order valence-corrected chi connectivity index (χ3v) is 6.26. The predicted octanol–water partition coefficient (Wildman–Crippen LogP) is 4.72. The molecule has 0 saturated carbocycles.